The monoisotopic (exact) mass is 513 g/mol. The molecule has 3 heterocycles. The summed E-state index contributed by atoms with van der Waals surface area (Å²) in [7, 11) is 0. The number of allylic oxidation sites excluding steroid dienone is 10. The highest BCUT2D eigenvalue weighted by atomic mass is 19.1. The highest BCUT2D eigenvalue weighted by Crippen LogP contribution is 2.29. The Labute approximate surface area is 219 Å². The Morgan fingerprint density at radius 2 is 2.13 bits per heavy atom. The van der Waals surface area contributed by atoms with E-state index in [4.69, 9.17) is 16.1 Å². The Kier molecular flexibility index (Phi) is 8.52. The van der Waals surface area contributed by atoms with E-state index in [0.29, 0.717) is 30.1 Å². The number of nitrogens with two attached hydrogens (primary N) is 2. The molecule has 0 fully saturated rings. The zero-order valence-electron chi connectivity index (χ0n) is 20.9. The minimum Gasteiger partial charge on any atom is -0.392 e. The van der Waals surface area contributed by atoms with Crippen LogP contribution in [0.1, 0.15) is 37.2 Å². The van der Waals surface area contributed by atoms with Crippen molar-refractivity contribution >= 4 is 17.0 Å². The summed E-state index contributed by atoms with van der Waals surface area (Å²) in [5.41, 5.74) is 8.87. The number of nitrogens with zero attached hydrogens (tertiary/aromatic N) is 7. The number of halogens is 1. The van der Waals surface area contributed by atoms with E-state index in [1.807, 2.05) is 19.1 Å². The first kappa shape index (κ1) is 26.2. The lowest BCUT2D eigenvalue weighted by molar-refractivity contribution is 0.403. The van der Waals surface area contributed by atoms with Gasteiger partial charge in [0.1, 0.15) is 29.9 Å². The van der Waals surface area contributed by atoms with Gasteiger partial charge in [0.15, 0.2) is 0 Å². The maximum atomic E-state index is 14.8. The van der Waals surface area contributed by atoms with Crippen molar-refractivity contribution in [2.45, 2.75) is 26.3 Å². The molecule has 0 saturated heterocycles. The second-order valence-corrected chi connectivity index (χ2v) is 8.13. The molecule has 0 spiro atoms. The molecule has 0 saturated carbocycles. The van der Waals surface area contributed by atoms with E-state index in [1.54, 1.807) is 59.7 Å². The average molecular weight is 514 g/mol. The van der Waals surface area contributed by atoms with Crippen LogP contribution in [-0.2, 0) is 6.54 Å². The molecule has 0 atom stereocenters. The molecule has 11 heteroatoms. The van der Waals surface area contributed by atoms with Crippen molar-refractivity contribution < 1.29 is 8.91 Å². The largest absolute Gasteiger partial charge is 0.392 e. The molecule has 0 unspecified atom stereocenters. The van der Waals surface area contributed by atoms with Crippen LogP contribution in [0.5, 0.6) is 0 Å². The van der Waals surface area contributed by atoms with Gasteiger partial charge in [-0.1, -0.05) is 49.0 Å². The highest BCUT2D eigenvalue weighted by molar-refractivity contribution is 5.85. The van der Waals surface area contributed by atoms with Gasteiger partial charge in [-0.3, -0.25) is 9.99 Å². The van der Waals surface area contributed by atoms with E-state index in [0.717, 1.165) is 17.0 Å². The Hall–Kier alpha value is -4.90. The van der Waals surface area contributed by atoms with E-state index in [2.05, 4.69) is 31.8 Å². The summed E-state index contributed by atoms with van der Waals surface area (Å²) in [6.07, 6.45) is 18.0. The van der Waals surface area contributed by atoms with Gasteiger partial charge in [0.2, 0.25) is 5.82 Å². The van der Waals surface area contributed by atoms with Crippen LogP contribution < -0.4 is 11.6 Å². The predicted octanol–water partition coefficient (Wildman–Crippen LogP) is 4.32. The fourth-order valence-corrected chi connectivity index (χ4v) is 3.66. The number of hydrogen-bond acceptors (Lipinski definition) is 9. The molecule has 4 N–H and O–H groups in total. The first-order chi connectivity index (χ1) is 18.5. The van der Waals surface area contributed by atoms with Gasteiger partial charge in [0.25, 0.3) is 5.89 Å². The minimum absolute atomic E-state index is 0.0112. The fourth-order valence-electron chi connectivity index (χ4n) is 3.66. The number of hydrazine groups is 1. The van der Waals surface area contributed by atoms with Crippen LogP contribution in [0.3, 0.4) is 0 Å². The Morgan fingerprint density at radius 1 is 1.29 bits per heavy atom. The molecule has 10 nitrogen and oxygen atoms in total. The van der Waals surface area contributed by atoms with Gasteiger partial charge in [-0.25, -0.2) is 19.9 Å². The maximum Gasteiger partial charge on any atom is 0.276 e. The lowest BCUT2D eigenvalue weighted by atomic mass is 10.1. The zero-order chi connectivity index (χ0) is 26.9. The SMILES string of the molecule is C=C/C(=C\C(=C/CC)c1noc(/C(N)=C(\c2ccccn2)N(N)C2=C(F)C=CCC=C2)n1)Cn1cncn1. The first-order valence-electron chi connectivity index (χ1n) is 11.9. The molecule has 3 aromatic rings. The summed E-state index contributed by atoms with van der Waals surface area (Å²) < 4.78 is 22.1. The third kappa shape index (κ3) is 6.08. The second kappa shape index (κ2) is 12.4. The topological polar surface area (TPSA) is 138 Å². The molecule has 0 bridgehead atoms. The van der Waals surface area contributed by atoms with Crippen molar-refractivity contribution in [1.82, 2.24) is 34.9 Å². The second-order valence-electron chi connectivity index (χ2n) is 8.13. The molecular formula is C27H28FN9O. The molecule has 1 aliphatic carbocycles. The summed E-state index contributed by atoms with van der Waals surface area (Å²) in [4.78, 5) is 12.9. The zero-order valence-corrected chi connectivity index (χ0v) is 20.9. The smallest absolute Gasteiger partial charge is 0.276 e. The van der Waals surface area contributed by atoms with Gasteiger partial charge in [-0.2, -0.15) is 10.1 Å². The van der Waals surface area contributed by atoms with Gasteiger partial charge in [-0.15, -0.1) is 0 Å². The van der Waals surface area contributed by atoms with Crippen LogP contribution in [0.4, 0.5) is 4.39 Å². The summed E-state index contributed by atoms with van der Waals surface area (Å²) >= 11 is 0. The quantitative estimate of drug-likeness (QED) is 0.231. The predicted molar refractivity (Wildman–Crippen MR) is 143 cm³/mol. The third-order valence-electron chi connectivity index (χ3n) is 5.47. The molecule has 4 rings (SSSR count). The highest BCUT2D eigenvalue weighted by Gasteiger charge is 2.24. The number of pyridine rings is 1. The van der Waals surface area contributed by atoms with E-state index < -0.39 is 5.83 Å². The van der Waals surface area contributed by atoms with Crippen molar-refractivity contribution in [1.29, 1.82) is 0 Å². The molecule has 0 aliphatic heterocycles. The summed E-state index contributed by atoms with van der Waals surface area (Å²) in [6.45, 7) is 6.36. The van der Waals surface area contributed by atoms with Crippen LogP contribution >= 0.6 is 0 Å². The van der Waals surface area contributed by atoms with Crippen molar-refractivity contribution in [2.75, 3.05) is 0 Å². The van der Waals surface area contributed by atoms with E-state index in [1.165, 1.54) is 12.4 Å². The third-order valence-corrected chi connectivity index (χ3v) is 5.47. The van der Waals surface area contributed by atoms with Crippen molar-refractivity contribution in [3.05, 3.63) is 121 Å². The fraction of sp³-hybridized carbons (Fsp3) is 0.148. The van der Waals surface area contributed by atoms with Gasteiger partial charge in [0.05, 0.1) is 17.9 Å². The van der Waals surface area contributed by atoms with Crippen molar-refractivity contribution in [3.63, 3.8) is 0 Å². The summed E-state index contributed by atoms with van der Waals surface area (Å²) in [5.74, 6) is 6.23. The number of aromatic nitrogens is 6. The molecule has 0 amide bonds. The molecule has 194 valence electrons. The molecule has 1 aliphatic rings. The number of rotatable bonds is 10. The Bertz CT molecular complexity index is 1440. The van der Waals surface area contributed by atoms with Crippen molar-refractivity contribution in [3.8, 4) is 0 Å². The first-order valence-corrected chi connectivity index (χ1v) is 11.9. The van der Waals surface area contributed by atoms with E-state index in [-0.39, 0.29) is 23.0 Å². The maximum absolute atomic E-state index is 14.8. The Morgan fingerprint density at radius 3 is 2.84 bits per heavy atom. The van der Waals surface area contributed by atoms with Crippen LogP contribution in [0, 0.1) is 0 Å². The Balaban J connectivity index is 1.76. The van der Waals surface area contributed by atoms with Gasteiger partial charge in [0, 0.05) is 11.8 Å². The molecule has 0 radical (unpaired) electrons. The van der Waals surface area contributed by atoms with Crippen LogP contribution in [0.25, 0.3) is 17.0 Å². The van der Waals surface area contributed by atoms with Crippen molar-refractivity contribution in [2.24, 2.45) is 11.6 Å². The van der Waals surface area contributed by atoms with E-state index >= 15 is 0 Å². The van der Waals surface area contributed by atoms with Crippen LogP contribution in [0.15, 0.2) is 108 Å². The molecule has 3 aromatic heterocycles. The standard InChI is InChI=1S/C27H28FN9O/c1-3-10-20(15-19(4-2)16-36-18-31-17-33-36)26-34-27(38-35-26)24(29)25(22-12-8-9-14-32-22)37(30)23-13-7-5-6-11-21(23)28/h4,6-15,17-18H,2-3,5,16,29-30H2,1H3/b19-15+,20-10+,25-24-. The lowest BCUT2D eigenvalue weighted by Gasteiger charge is -2.23. The molecular weight excluding hydrogens is 485 g/mol. The average Bonchev–Trinajstić information content (AvgIpc) is 3.58. The summed E-state index contributed by atoms with van der Waals surface area (Å²) in [6, 6.07) is 5.23. The number of hydrogen-bond donors (Lipinski definition) is 2. The van der Waals surface area contributed by atoms with Gasteiger partial charge < -0.3 is 10.3 Å². The van der Waals surface area contributed by atoms with Gasteiger partial charge in [-0.05, 0) is 48.8 Å². The van der Waals surface area contributed by atoms with Crippen LogP contribution in [0.2, 0.25) is 0 Å². The van der Waals surface area contributed by atoms with E-state index in [9.17, 15) is 4.39 Å². The summed E-state index contributed by atoms with van der Waals surface area (Å²) in [5, 5.41) is 9.42. The normalized spacial score (nSPS) is 14.9. The molecule has 0 aromatic carbocycles. The lowest BCUT2D eigenvalue weighted by Crippen LogP contribution is -2.31. The minimum atomic E-state index is -0.517. The molecule has 38 heavy (non-hydrogen) atoms. The van der Waals surface area contributed by atoms with Crippen LogP contribution in [-0.4, -0.2) is 34.9 Å². The van der Waals surface area contributed by atoms with Gasteiger partial charge >= 0.3 is 0 Å².